The van der Waals surface area contributed by atoms with Gasteiger partial charge in [-0.1, -0.05) is 6.07 Å². The van der Waals surface area contributed by atoms with Crippen LogP contribution in [-0.4, -0.2) is 74.2 Å². The third-order valence-corrected chi connectivity index (χ3v) is 8.91. The van der Waals surface area contributed by atoms with Gasteiger partial charge in [0.15, 0.2) is 0 Å². The topological polar surface area (TPSA) is 68.4 Å². The predicted molar refractivity (Wildman–Crippen MR) is 125 cm³/mol. The number of halogens is 4. The van der Waals surface area contributed by atoms with Gasteiger partial charge < -0.3 is 14.8 Å². The number of nitrogens with zero attached hydrogens (tertiary/aromatic N) is 5. The second-order valence-corrected chi connectivity index (χ2v) is 11.9. The number of aromatic nitrogens is 3. The van der Waals surface area contributed by atoms with Crippen molar-refractivity contribution >= 4 is 6.03 Å². The van der Waals surface area contributed by atoms with E-state index in [2.05, 4.69) is 20.1 Å². The second kappa shape index (κ2) is 8.15. The highest BCUT2D eigenvalue weighted by Crippen LogP contribution is 2.56. The average Bonchev–Trinajstić information content (AvgIpc) is 3.69. The lowest BCUT2D eigenvalue weighted by molar-refractivity contribution is -0.137. The van der Waals surface area contributed by atoms with E-state index in [4.69, 9.17) is 0 Å². The highest BCUT2D eigenvalue weighted by molar-refractivity contribution is 5.76. The smallest absolute Gasteiger partial charge is 0.328 e. The molecule has 7 nitrogen and oxygen atoms in total. The maximum Gasteiger partial charge on any atom is 0.416 e. The molecule has 2 amide bonds. The number of rotatable bonds is 6. The number of amides is 2. The summed E-state index contributed by atoms with van der Waals surface area (Å²) in [7, 11) is 0. The molecule has 2 aliphatic heterocycles. The monoisotopic (exact) mass is 518 g/mol. The number of alkyl halides is 3. The first-order valence-corrected chi connectivity index (χ1v) is 13.3. The Labute approximate surface area is 212 Å². The van der Waals surface area contributed by atoms with Crippen molar-refractivity contribution in [2.75, 3.05) is 26.2 Å². The minimum absolute atomic E-state index is 0.0532. The number of aromatic amines is 1. The Bertz CT molecular complexity index is 1200. The van der Waals surface area contributed by atoms with Crippen LogP contribution in [0.15, 0.2) is 18.2 Å². The summed E-state index contributed by atoms with van der Waals surface area (Å²) in [4.78, 5) is 22.3. The normalized spacial score (nSPS) is 23.8. The maximum atomic E-state index is 14.5. The van der Waals surface area contributed by atoms with Crippen LogP contribution in [0.5, 0.6) is 0 Å². The molecule has 11 heteroatoms. The number of likely N-dealkylation sites (tertiary alicyclic amines) is 2. The van der Waals surface area contributed by atoms with Gasteiger partial charge in [-0.05, 0) is 50.7 Å². The quantitative estimate of drug-likeness (QED) is 0.573. The van der Waals surface area contributed by atoms with Gasteiger partial charge in [-0.25, -0.2) is 9.18 Å². The standard InChI is InChI=1S/C26H30F4N6O/c27-21-7-18(26(28,29)30)4-3-16(21)10-36(19-5-6-19)20-11-34(12-20)24(37)35-13-25(14-35)8-17(9-25)23-31-22(32-33-23)15-1-2-15/h3-4,7,15,17,19-20H,1-2,5-6,8-14H2,(H,31,32,33). The zero-order chi connectivity index (χ0) is 25.5. The molecule has 5 aliphatic rings. The summed E-state index contributed by atoms with van der Waals surface area (Å²) in [6.45, 7) is 2.96. The van der Waals surface area contributed by atoms with Gasteiger partial charge in [0.1, 0.15) is 17.5 Å². The van der Waals surface area contributed by atoms with E-state index in [9.17, 15) is 22.4 Å². The minimum atomic E-state index is -4.56. The number of benzene rings is 1. The van der Waals surface area contributed by atoms with Gasteiger partial charge in [-0.2, -0.15) is 13.2 Å². The van der Waals surface area contributed by atoms with Crippen LogP contribution in [0.1, 0.15) is 73.1 Å². The van der Waals surface area contributed by atoms with Crippen LogP contribution >= 0.6 is 0 Å². The van der Waals surface area contributed by atoms with Gasteiger partial charge in [-0.3, -0.25) is 4.90 Å². The number of hydrogen-bond acceptors (Lipinski definition) is 4. The van der Waals surface area contributed by atoms with Gasteiger partial charge in [0.2, 0.25) is 0 Å². The molecular formula is C26H30F4N6O. The van der Waals surface area contributed by atoms with Crippen molar-refractivity contribution in [3.8, 4) is 0 Å². The minimum Gasteiger partial charge on any atom is -0.328 e. The number of urea groups is 1. The summed E-state index contributed by atoms with van der Waals surface area (Å²) in [5.74, 6) is 2.16. The van der Waals surface area contributed by atoms with E-state index in [0.717, 1.165) is 56.5 Å². The molecule has 7 rings (SSSR count). The number of carbonyl (C=O) groups excluding carboxylic acids is 1. The molecule has 2 saturated heterocycles. The predicted octanol–water partition coefficient (Wildman–Crippen LogP) is 4.49. The molecular weight excluding hydrogens is 488 g/mol. The molecule has 0 atom stereocenters. The molecule has 37 heavy (non-hydrogen) atoms. The third-order valence-electron chi connectivity index (χ3n) is 8.91. The first-order valence-electron chi connectivity index (χ1n) is 13.3. The van der Waals surface area contributed by atoms with Crippen LogP contribution in [0.2, 0.25) is 0 Å². The van der Waals surface area contributed by atoms with Gasteiger partial charge in [0.25, 0.3) is 0 Å². The fraction of sp³-hybridized carbons (Fsp3) is 0.654. The largest absolute Gasteiger partial charge is 0.416 e. The lowest BCUT2D eigenvalue weighted by Gasteiger charge is -2.60. The fourth-order valence-electron chi connectivity index (χ4n) is 6.38. The van der Waals surface area contributed by atoms with Crippen LogP contribution in [0.3, 0.4) is 0 Å². The highest BCUT2D eigenvalue weighted by atomic mass is 19.4. The Morgan fingerprint density at radius 2 is 1.68 bits per heavy atom. The Morgan fingerprint density at radius 1 is 1.00 bits per heavy atom. The van der Waals surface area contributed by atoms with Crippen LogP contribution in [0.25, 0.3) is 0 Å². The number of hydrogen-bond donors (Lipinski definition) is 1. The third kappa shape index (κ3) is 4.28. The summed E-state index contributed by atoms with van der Waals surface area (Å²) in [5, 5.41) is 8.64. The van der Waals surface area contributed by atoms with E-state index in [0.29, 0.717) is 37.0 Å². The summed E-state index contributed by atoms with van der Waals surface area (Å²) < 4.78 is 53.1. The van der Waals surface area contributed by atoms with E-state index in [1.165, 1.54) is 18.9 Å². The molecule has 3 aliphatic carbocycles. The Kier molecular flexibility index (Phi) is 5.16. The van der Waals surface area contributed by atoms with E-state index >= 15 is 0 Å². The average molecular weight is 519 g/mol. The van der Waals surface area contributed by atoms with E-state index in [1.807, 2.05) is 9.80 Å². The molecule has 0 radical (unpaired) electrons. The second-order valence-electron chi connectivity index (χ2n) is 11.9. The molecule has 3 heterocycles. The molecule has 5 fully saturated rings. The molecule has 0 unspecified atom stereocenters. The van der Waals surface area contributed by atoms with Crippen molar-refractivity contribution in [1.82, 2.24) is 29.9 Å². The van der Waals surface area contributed by atoms with Crippen molar-refractivity contribution < 1.29 is 22.4 Å². The van der Waals surface area contributed by atoms with Crippen molar-refractivity contribution in [2.24, 2.45) is 5.41 Å². The fourth-order valence-corrected chi connectivity index (χ4v) is 6.38. The van der Waals surface area contributed by atoms with E-state index in [-0.39, 0.29) is 29.6 Å². The molecule has 2 aromatic rings. The Morgan fingerprint density at radius 3 is 2.27 bits per heavy atom. The first-order chi connectivity index (χ1) is 17.7. The lowest BCUT2D eigenvalue weighted by Crippen LogP contribution is -2.69. The van der Waals surface area contributed by atoms with Gasteiger partial charge in [0.05, 0.1) is 5.56 Å². The van der Waals surface area contributed by atoms with E-state index in [1.54, 1.807) is 0 Å². The summed E-state index contributed by atoms with van der Waals surface area (Å²) in [6.07, 6.45) is 1.89. The van der Waals surface area contributed by atoms with Crippen LogP contribution in [0, 0.1) is 11.2 Å². The van der Waals surface area contributed by atoms with Crippen LogP contribution < -0.4 is 0 Å². The van der Waals surface area contributed by atoms with Crippen molar-refractivity contribution in [1.29, 1.82) is 0 Å². The molecule has 198 valence electrons. The summed E-state index contributed by atoms with van der Waals surface area (Å²) in [5.41, 5.74) is -0.497. The van der Waals surface area contributed by atoms with Gasteiger partial charge >= 0.3 is 12.2 Å². The Balaban J connectivity index is 0.902. The van der Waals surface area contributed by atoms with Crippen LogP contribution in [0.4, 0.5) is 22.4 Å². The highest BCUT2D eigenvalue weighted by Gasteiger charge is 2.56. The molecule has 3 saturated carbocycles. The number of nitrogens with one attached hydrogen (secondary N) is 1. The molecule has 1 N–H and O–H groups in total. The van der Waals surface area contributed by atoms with Crippen molar-refractivity contribution in [2.45, 2.75) is 75.2 Å². The van der Waals surface area contributed by atoms with E-state index < -0.39 is 17.6 Å². The summed E-state index contributed by atoms with van der Waals surface area (Å²) >= 11 is 0. The molecule has 1 aromatic heterocycles. The van der Waals surface area contributed by atoms with Gasteiger partial charge in [0, 0.05) is 67.6 Å². The SMILES string of the molecule is O=C(N1CC(N(Cc2ccc(C(F)(F)F)cc2F)C2CC2)C1)N1CC2(CC(c3nnc(C4CC4)[nH]3)C2)C1. The lowest BCUT2D eigenvalue weighted by atomic mass is 9.57. The Hall–Kier alpha value is -2.69. The van der Waals surface area contributed by atoms with Crippen LogP contribution in [-0.2, 0) is 12.7 Å². The van der Waals surface area contributed by atoms with Crippen molar-refractivity contribution in [3.63, 3.8) is 0 Å². The van der Waals surface area contributed by atoms with Crippen molar-refractivity contribution in [3.05, 3.63) is 46.8 Å². The number of H-pyrrole nitrogens is 1. The summed E-state index contributed by atoms with van der Waals surface area (Å²) in [6, 6.07) is 3.23. The van der Waals surface area contributed by atoms with Gasteiger partial charge in [-0.15, -0.1) is 10.2 Å². The maximum absolute atomic E-state index is 14.5. The molecule has 0 bridgehead atoms. The molecule has 1 spiro atoms. The first kappa shape index (κ1) is 23.4. The zero-order valence-electron chi connectivity index (χ0n) is 20.5. The number of carbonyl (C=O) groups is 1. The molecule has 1 aromatic carbocycles. The zero-order valence-corrected chi connectivity index (χ0v) is 20.5.